The summed E-state index contributed by atoms with van der Waals surface area (Å²) < 4.78 is 5.43. The van der Waals surface area contributed by atoms with E-state index in [2.05, 4.69) is 0 Å². The average molecular weight is 278 g/mol. The van der Waals surface area contributed by atoms with Gasteiger partial charge in [-0.05, 0) is 30.7 Å². The van der Waals surface area contributed by atoms with Crippen LogP contribution in [0.4, 0.5) is 0 Å². The first-order valence-electron chi connectivity index (χ1n) is 6.83. The van der Waals surface area contributed by atoms with Crippen molar-refractivity contribution >= 4 is 17.6 Å². The Kier molecular flexibility index (Phi) is 3.40. The zero-order valence-electron chi connectivity index (χ0n) is 11.6. The zero-order chi connectivity index (χ0) is 14.8. The highest BCUT2D eigenvalue weighted by atomic mass is 16.5. The van der Waals surface area contributed by atoms with E-state index in [1.54, 1.807) is 30.3 Å². The van der Waals surface area contributed by atoms with Crippen molar-refractivity contribution in [1.82, 2.24) is 0 Å². The average Bonchev–Trinajstić information content (AvgIpc) is 2.74. The van der Waals surface area contributed by atoms with Gasteiger partial charge in [0.1, 0.15) is 5.75 Å². The lowest BCUT2D eigenvalue weighted by Gasteiger charge is -2.03. The zero-order valence-corrected chi connectivity index (χ0v) is 11.6. The summed E-state index contributed by atoms with van der Waals surface area (Å²) in [4.78, 5) is 24.6. The van der Waals surface area contributed by atoms with Crippen molar-refractivity contribution < 1.29 is 14.3 Å². The number of hydrogen-bond acceptors (Lipinski definition) is 3. The van der Waals surface area contributed by atoms with Gasteiger partial charge in [-0.3, -0.25) is 9.59 Å². The van der Waals surface area contributed by atoms with Crippen LogP contribution in [0.5, 0.6) is 5.75 Å². The fourth-order valence-electron chi connectivity index (χ4n) is 2.43. The van der Waals surface area contributed by atoms with Crippen LogP contribution < -0.4 is 4.74 Å². The largest absolute Gasteiger partial charge is 0.494 e. The second-order valence-corrected chi connectivity index (χ2v) is 4.77. The Bertz CT molecular complexity index is 720. The van der Waals surface area contributed by atoms with Crippen LogP contribution >= 0.6 is 0 Å². The van der Waals surface area contributed by atoms with Gasteiger partial charge in [0, 0.05) is 11.1 Å². The smallest absolute Gasteiger partial charge is 0.197 e. The lowest BCUT2D eigenvalue weighted by molar-refractivity contribution is 0.0990. The summed E-state index contributed by atoms with van der Waals surface area (Å²) in [6, 6.07) is 14.3. The molecule has 3 heteroatoms. The van der Waals surface area contributed by atoms with E-state index in [4.69, 9.17) is 4.74 Å². The van der Waals surface area contributed by atoms with Gasteiger partial charge in [0.25, 0.3) is 0 Å². The predicted molar refractivity (Wildman–Crippen MR) is 80.7 cm³/mol. The third-order valence-electron chi connectivity index (χ3n) is 3.39. The summed E-state index contributed by atoms with van der Waals surface area (Å²) in [6.07, 6.45) is 1.63. The van der Waals surface area contributed by atoms with Crippen LogP contribution in [0.15, 0.2) is 54.1 Å². The normalized spacial score (nSPS) is 13.3. The van der Waals surface area contributed by atoms with Gasteiger partial charge >= 0.3 is 0 Å². The molecule has 0 saturated carbocycles. The first-order valence-corrected chi connectivity index (χ1v) is 6.83. The molecule has 0 spiro atoms. The van der Waals surface area contributed by atoms with E-state index in [-0.39, 0.29) is 17.1 Å². The van der Waals surface area contributed by atoms with Crippen molar-refractivity contribution in [2.75, 3.05) is 6.61 Å². The molecule has 1 aliphatic carbocycles. The molecule has 21 heavy (non-hydrogen) atoms. The SMILES string of the molecule is CCOc1cccc(C=C2C(=O)c3ccccc3C2=O)c1. The Labute approximate surface area is 122 Å². The molecule has 0 N–H and O–H groups in total. The number of hydrogen-bond donors (Lipinski definition) is 0. The highest BCUT2D eigenvalue weighted by molar-refractivity contribution is 6.41. The van der Waals surface area contributed by atoms with Crippen molar-refractivity contribution in [2.45, 2.75) is 6.92 Å². The molecule has 0 bridgehead atoms. The van der Waals surface area contributed by atoms with Crippen LogP contribution in [-0.2, 0) is 0 Å². The van der Waals surface area contributed by atoms with Crippen molar-refractivity contribution in [3.05, 3.63) is 70.8 Å². The fourth-order valence-corrected chi connectivity index (χ4v) is 2.43. The molecule has 0 aliphatic heterocycles. The highest BCUT2D eigenvalue weighted by Crippen LogP contribution is 2.28. The summed E-state index contributed by atoms with van der Waals surface area (Å²) in [5.74, 6) is 0.303. The summed E-state index contributed by atoms with van der Waals surface area (Å²) in [5.41, 5.74) is 1.96. The molecule has 0 radical (unpaired) electrons. The summed E-state index contributed by atoms with van der Waals surface area (Å²) in [7, 11) is 0. The number of ketones is 2. The Morgan fingerprint density at radius 2 is 1.62 bits per heavy atom. The molecule has 0 amide bonds. The molecule has 0 atom stereocenters. The van der Waals surface area contributed by atoms with Crippen LogP contribution in [0.25, 0.3) is 6.08 Å². The van der Waals surface area contributed by atoms with Gasteiger partial charge in [0.15, 0.2) is 11.6 Å². The van der Waals surface area contributed by atoms with E-state index in [1.807, 2.05) is 31.2 Å². The van der Waals surface area contributed by atoms with Gasteiger partial charge in [-0.25, -0.2) is 0 Å². The Morgan fingerprint density at radius 1 is 0.952 bits per heavy atom. The molecule has 0 unspecified atom stereocenters. The van der Waals surface area contributed by atoms with Crippen LogP contribution in [0.2, 0.25) is 0 Å². The van der Waals surface area contributed by atoms with E-state index in [0.29, 0.717) is 17.7 Å². The summed E-state index contributed by atoms with van der Waals surface area (Å²) in [5, 5.41) is 0. The van der Waals surface area contributed by atoms with Crippen LogP contribution in [0, 0.1) is 0 Å². The monoisotopic (exact) mass is 278 g/mol. The third-order valence-corrected chi connectivity index (χ3v) is 3.39. The van der Waals surface area contributed by atoms with Crippen LogP contribution in [0.1, 0.15) is 33.2 Å². The highest BCUT2D eigenvalue weighted by Gasteiger charge is 2.32. The number of rotatable bonds is 3. The number of ether oxygens (including phenoxy) is 1. The number of Topliss-reactive ketones (excluding diaryl/α,β-unsaturated/α-hetero) is 2. The van der Waals surface area contributed by atoms with Crippen molar-refractivity contribution in [1.29, 1.82) is 0 Å². The van der Waals surface area contributed by atoms with Gasteiger partial charge in [0.2, 0.25) is 0 Å². The van der Waals surface area contributed by atoms with E-state index in [0.717, 1.165) is 11.3 Å². The standard InChI is InChI=1S/C18H14O3/c1-2-21-13-7-5-6-12(10-13)11-16-17(19)14-8-3-4-9-15(14)18(16)20/h3-11H,2H2,1H3. The first-order chi connectivity index (χ1) is 10.2. The van der Waals surface area contributed by atoms with Gasteiger partial charge < -0.3 is 4.74 Å². The first kappa shape index (κ1) is 13.3. The molecule has 3 rings (SSSR count). The maximum Gasteiger partial charge on any atom is 0.197 e. The maximum atomic E-state index is 12.3. The number of allylic oxidation sites excluding steroid dienone is 1. The van der Waals surface area contributed by atoms with Crippen LogP contribution in [0.3, 0.4) is 0 Å². The van der Waals surface area contributed by atoms with Gasteiger partial charge in [-0.1, -0.05) is 36.4 Å². The summed E-state index contributed by atoms with van der Waals surface area (Å²) in [6.45, 7) is 2.48. The lowest BCUT2D eigenvalue weighted by Crippen LogP contribution is -2.00. The molecular formula is C18H14O3. The van der Waals surface area contributed by atoms with Crippen molar-refractivity contribution in [3.8, 4) is 5.75 Å². The minimum absolute atomic E-state index is 0.211. The number of fused-ring (bicyclic) bond motifs is 1. The number of carbonyl (C=O) groups is 2. The minimum atomic E-state index is -0.211. The van der Waals surface area contributed by atoms with E-state index in [9.17, 15) is 9.59 Å². The minimum Gasteiger partial charge on any atom is -0.494 e. The van der Waals surface area contributed by atoms with Gasteiger partial charge in [-0.2, -0.15) is 0 Å². The van der Waals surface area contributed by atoms with Crippen molar-refractivity contribution in [2.24, 2.45) is 0 Å². The molecule has 104 valence electrons. The molecule has 3 nitrogen and oxygen atoms in total. The Morgan fingerprint density at radius 3 is 2.24 bits per heavy atom. The molecule has 0 fully saturated rings. The Balaban J connectivity index is 2.00. The third kappa shape index (κ3) is 2.38. The molecular weight excluding hydrogens is 264 g/mol. The maximum absolute atomic E-state index is 12.3. The quantitative estimate of drug-likeness (QED) is 0.637. The van der Waals surface area contributed by atoms with E-state index < -0.39 is 0 Å². The molecule has 1 aliphatic rings. The number of benzene rings is 2. The number of carbonyl (C=O) groups excluding carboxylic acids is 2. The molecule has 2 aromatic rings. The second-order valence-electron chi connectivity index (χ2n) is 4.77. The molecule has 0 heterocycles. The lowest BCUT2D eigenvalue weighted by atomic mass is 10.1. The Hall–Kier alpha value is -2.68. The van der Waals surface area contributed by atoms with Gasteiger partial charge in [0.05, 0.1) is 12.2 Å². The van der Waals surface area contributed by atoms with Crippen LogP contribution in [-0.4, -0.2) is 18.2 Å². The molecule has 0 saturated heterocycles. The van der Waals surface area contributed by atoms with E-state index in [1.165, 1.54) is 0 Å². The topological polar surface area (TPSA) is 43.4 Å². The van der Waals surface area contributed by atoms with E-state index >= 15 is 0 Å². The molecule has 2 aromatic carbocycles. The predicted octanol–water partition coefficient (Wildman–Crippen LogP) is 3.55. The fraction of sp³-hybridized carbons (Fsp3) is 0.111. The van der Waals surface area contributed by atoms with Crippen molar-refractivity contribution in [3.63, 3.8) is 0 Å². The molecule has 0 aromatic heterocycles. The summed E-state index contributed by atoms with van der Waals surface area (Å²) >= 11 is 0. The second kappa shape index (κ2) is 5.37. The van der Waals surface area contributed by atoms with Gasteiger partial charge in [-0.15, -0.1) is 0 Å².